The van der Waals surface area contributed by atoms with Crippen LogP contribution < -0.4 is 10.6 Å². The second kappa shape index (κ2) is 6.46. The van der Waals surface area contributed by atoms with Crippen LogP contribution in [0.1, 0.15) is 17.5 Å². The number of amides is 2. The van der Waals surface area contributed by atoms with E-state index in [1.807, 2.05) is 0 Å². The zero-order valence-corrected chi connectivity index (χ0v) is 11.5. The van der Waals surface area contributed by atoms with Gasteiger partial charge in [-0.3, -0.25) is 9.59 Å². The summed E-state index contributed by atoms with van der Waals surface area (Å²) < 4.78 is 0. The van der Waals surface area contributed by atoms with Crippen LogP contribution in [0.15, 0.2) is 30.5 Å². The molecule has 0 saturated carbocycles. The fourth-order valence-electron chi connectivity index (χ4n) is 1.43. The molecule has 2 aromatic rings. The van der Waals surface area contributed by atoms with Gasteiger partial charge >= 0.3 is 0 Å². The maximum atomic E-state index is 11.8. The summed E-state index contributed by atoms with van der Waals surface area (Å²) in [6, 6.07) is 3.53. The Morgan fingerprint density at radius 2 is 2.14 bits per heavy atom. The molecule has 0 fully saturated rings. The molecule has 0 aliphatic rings. The Bertz CT molecular complexity index is 644. The number of nitrogens with zero attached hydrogens (tertiary/aromatic N) is 4. The Morgan fingerprint density at radius 3 is 2.81 bits per heavy atom. The lowest BCUT2D eigenvalue weighted by atomic mass is 10.3. The van der Waals surface area contributed by atoms with E-state index in [-0.39, 0.29) is 18.3 Å². The number of tetrazole rings is 1. The monoisotopic (exact) mass is 289 g/mol. The number of carbonyl (C=O) groups is 2. The third-order valence-corrected chi connectivity index (χ3v) is 2.50. The van der Waals surface area contributed by atoms with Gasteiger partial charge in [0, 0.05) is 24.9 Å². The molecule has 0 aromatic carbocycles. The number of carbonyl (C=O) groups excluding carboxylic acids is 2. The zero-order chi connectivity index (χ0) is 15.2. The molecule has 21 heavy (non-hydrogen) atoms. The Labute approximate surface area is 120 Å². The van der Waals surface area contributed by atoms with Crippen LogP contribution in [0.25, 0.3) is 5.82 Å². The summed E-state index contributed by atoms with van der Waals surface area (Å²) in [6.07, 6.45) is 1.71. The van der Waals surface area contributed by atoms with Crippen molar-refractivity contribution in [2.24, 2.45) is 0 Å². The summed E-state index contributed by atoms with van der Waals surface area (Å²) in [5, 5.41) is 16.5. The van der Waals surface area contributed by atoms with Crippen molar-refractivity contribution in [2.75, 3.05) is 13.1 Å². The zero-order valence-electron chi connectivity index (χ0n) is 11.5. The van der Waals surface area contributed by atoms with Crippen LogP contribution in [0.4, 0.5) is 0 Å². The van der Waals surface area contributed by atoms with Crippen LogP contribution in [0.5, 0.6) is 0 Å². The van der Waals surface area contributed by atoms with Gasteiger partial charge in [-0.05, 0) is 24.3 Å². The van der Waals surface area contributed by atoms with Gasteiger partial charge in [-0.1, -0.05) is 6.58 Å². The standard InChI is InChI=1S/C12H15N7O2/c1-8(2)11(20)14-6-7-15-12(21)10-16-18-19(17-10)9-4-3-5-13-9/h3-5,13H,1,6-7H2,2H3,(H,14,20)(H,15,21). The van der Waals surface area contributed by atoms with E-state index in [2.05, 4.69) is 37.6 Å². The SMILES string of the molecule is C=C(C)C(=O)NCCNC(=O)c1nnn(-c2ccc[nH]2)n1. The highest BCUT2D eigenvalue weighted by Gasteiger charge is 2.13. The summed E-state index contributed by atoms with van der Waals surface area (Å²) in [4.78, 5) is 27.1. The molecule has 110 valence electrons. The molecular formula is C12H15N7O2. The number of aromatic nitrogens is 5. The average Bonchev–Trinajstić information content (AvgIpc) is 3.12. The quantitative estimate of drug-likeness (QED) is 0.485. The van der Waals surface area contributed by atoms with Crippen LogP contribution in [0, 0.1) is 0 Å². The molecular weight excluding hydrogens is 274 g/mol. The predicted octanol–water partition coefficient (Wildman–Crippen LogP) is -0.587. The smallest absolute Gasteiger partial charge is 0.292 e. The molecule has 3 N–H and O–H groups in total. The van der Waals surface area contributed by atoms with Crippen LogP contribution >= 0.6 is 0 Å². The van der Waals surface area contributed by atoms with Gasteiger partial charge in [0.25, 0.3) is 11.7 Å². The Balaban J connectivity index is 1.81. The van der Waals surface area contributed by atoms with E-state index in [0.717, 1.165) is 0 Å². The molecule has 0 aliphatic carbocycles. The molecule has 0 spiro atoms. The van der Waals surface area contributed by atoms with Gasteiger partial charge in [0.05, 0.1) is 0 Å². The summed E-state index contributed by atoms with van der Waals surface area (Å²) in [5.74, 6) is -0.149. The van der Waals surface area contributed by atoms with Crippen molar-refractivity contribution in [3.63, 3.8) is 0 Å². The van der Waals surface area contributed by atoms with E-state index in [1.54, 1.807) is 25.3 Å². The van der Waals surface area contributed by atoms with Crippen molar-refractivity contribution in [1.82, 2.24) is 35.8 Å². The number of H-pyrrole nitrogens is 1. The van der Waals surface area contributed by atoms with Gasteiger partial charge in [0.1, 0.15) is 0 Å². The number of aromatic amines is 1. The predicted molar refractivity (Wildman–Crippen MR) is 73.7 cm³/mol. The number of nitrogens with one attached hydrogen (secondary N) is 3. The molecule has 2 rings (SSSR count). The van der Waals surface area contributed by atoms with Crippen molar-refractivity contribution in [3.8, 4) is 5.82 Å². The Kier molecular flexibility index (Phi) is 4.44. The highest BCUT2D eigenvalue weighted by Crippen LogP contribution is 1.99. The van der Waals surface area contributed by atoms with Gasteiger partial charge < -0.3 is 15.6 Å². The first-order valence-electron chi connectivity index (χ1n) is 6.23. The molecule has 9 nitrogen and oxygen atoms in total. The lowest BCUT2D eigenvalue weighted by molar-refractivity contribution is -0.117. The minimum atomic E-state index is -0.461. The fourth-order valence-corrected chi connectivity index (χ4v) is 1.43. The Hall–Kier alpha value is -2.97. The highest BCUT2D eigenvalue weighted by molar-refractivity contribution is 5.92. The Morgan fingerprint density at radius 1 is 1.38 bits per heavy atom. The highest BCUT2D eigenvalue weighted by atomic mass is 16.2. The van der Waals surface area contributed by atoms with E-state index in [4.69, 9.17) is 0 Å². The molecule has 2 amide bonds. The molecule has 0 saturated heterocycles. The maximum Gasteiger partial charge on any atom is 0.292 e. The van der Waals surface area contributed by atoms with Gasteiger partial charge in [-0.15, -0.1) is 15.0 Å². The first kappa shape index (κ1) is 14.4. The van der Waals surface area contributed by atoms with Gasteiger partial charge in [0.15, 0.2) is 5.82 Å². The summed E-state index contributed by atoms with van der Waals surface area (Å²) >= 11 is 0. The summed E-state index contributed by atoms with van der Waals surface area (Å²) in [5.41, 5.74) is 0.414. The van der Waals surface area contributed by atoms with Gasteiger partial charge in [0.2, 0.25) is 5.91 Å². The third-order valence-electron chi connectivity index (χ3n) is 2.50. The topological polar surface area (TPSA) is 118 Å². The number of rotatable bonds is 6. The van der Waals surface area contributed by atoms with Crippen molar-refractivity contribution in [1.29, 1.82) is 0 Å². The van der Waals surface area contributed by atoms with Crippen LogP contribution in [-0.2, 0) is 4.79 Å². The fraction of sp³-hybridized carbons (Fsp3) is 0.250. The lowest BCUT2D eigenvalue weighted by Crippen LogP contribution is -2.35. The summed E-state index contributed by atoms with van der Waals surface area (Å²) in [6.45, 7) is 5.67. The molecule has 2 aromatic heterocycles. The normalized spacial score (nSPS) is 10.1. The van der Waals surface area contributed by atoms with E-state index >= 15 is 0 Å². The van der Waals surface area contributed by atoms with E-state index in [1.165, 1.54) is 4.80 Å². The molecule has 0 unspecified atom stereocenters. The van der Waals surface area contributed by atoms with Crippen molar-refractivity contribution >= 4 is 11.8 Å². The van der Waals surface area contributed by atoms with Crippen LogP contribution in [0.3, 0.4) is 0 Å². The molecule has 2 heterocycles. The maximum absolute atomic E-state index is 11.8. The van der Waals surface area contributed by atoms with Gasteiger partial charge in [-0.25, -0.2) is 0 Å². The number of hydrogen-bond donors (Lipinski definition) is 3. The molecule has 0 bridgehead atoms. The van der Waals surface area contributed by atoms with E-state index < -0.39 is 5.91 Å². The molecule has 0 atom stereocenters. The van der Waals surface area contributed by atoms with Crippen molar-refractivity contribution in [3.05, 3.63) is 36.3 Å². The van der Waals surface area contributed by atoms with E-state index in [0.29, 0.717) is 17.9 Å². The van der Waals surface area contributed by atoms with E-state index in [9.17, 15) is 9.59 Å². The minimum Gasteiger partial charge on any atom is -0.351 e. The first-order chi connectivity index (χ1) is 10.1. The second-order valence-electron chi connectivity index (χ2n) is 4.25. The summed E-state index contributed by atoms with van der Waals surface area (Å²) in [7, 11) is 0. The largest absolute Gasteiger partial charge is 0.351 e. The first-order valence-corrected chi connectivity index (χ1v) is 6.23. The minimum absolute atomic E-state index is 0.0455. The van der Waals surface area contributed by atoms with Crippen LogP contribution in [0.2, 0.25) is 0 Å². The van der Waals surface area contributed by atoms with Crippen molar-refractivity contribution < 1.29 is 9.59 Å². The average molecular weight is 289 g/mol. The molecule has 9 heteroatoms. The molecule has 0 aliphatic heterocycles. The number of hydrogen-bond acceptors (Lipinski definition) is 5. The lowest BCUT2D eigenvalue weighted by Gasteiger charge is -2.04. The van der Waals surface area contributed by atoms with Gasteiger partial charge in [-0.2, -0.15) is 0 Å². The van der Waals surface area contributed by atoms with Crippen LogP contribution in [-0.4, -0.2) is 50.1 Å². The molecule has 0 radical (unpaired) electrons. The van der Waals surface area contributed by atoms with Crippen molar-refractivity contribution in [2.45, 2.75) is 6.92 Å². The second-order valence-corrected chi connectivity index (χ2v) is 4.25. The third kappa shape index (κ3) is 3.75.